The smallest absolute Gasteiger partial charge is 0.227 e. The number of aromatic nitrogens is 1. The summed E-state index contributed by atoms with van der Waals surface area (Å²) >= 11 is 1.44. The summed E-state index contributed by atoms with van der Waals surface area (Å²) in [6, 6.07) is 0. The quantitative estimate of drug-likeness (QED) is 0.867. The maximum atomic E-state index is 11.7. The Hall–Kier alpha value is -0.980. The third kappa shape index (κ3) is 5.26. The Kier molecular flexibility index (Phi) is 5.75. The third-order valence-electron chi connectivity index (χ3n) is 3.19. The minimum Gasteiger partial charge on any atom is -0.377 e. The number of carbonyl (C=O) groups excluding carboxylic acids is 1. The van der Waals surface area contributed by atoms with Gasteiger partial charge in [0.25, 0.3) is 0 Å². The molecule has 1 amide bonds. The van der Waals surface area contributed by atoms with Crippen molar-refractivity contribution in [1.29, 1.82) is 0 Å². The van der Waals surface area contributed by atoms with Crippen LogP contribution in [-0.2, 0) is 9.53 Å². The zero-order valence-corrected chi connectivity index (χ0v) is 12.1. The molecule has 0 aromatic carbocycles. The first-order chi connectivity index (χ1) is 9.24. The molecule has 1 aliphatic heterocycles. The Morgan fingerprint density at radius 2 is 2.53 bits per heavy atom. The van der Waals surface area contributed by atoms with E-state index in [1.165, 1.54) is 24.2 Å². The van der Waals surface area contributed by atoms with Crippen LogP contribution in [-0.4, -0.2) is 48.6 Å². The molecule has 1 N–H and O–H groups in total. The van der Waals surface area contributed by atoms with E-state index in [0.717, 1.165) is 26.1 Å². The maximum Gasteiger partial charge on any atom is 0.227 e. The van der Waals surface area contributed by atoms with Crippen LogP contribution in [0.1, 0.15) is 25.7 Å². The molecule has 2 rings (SSSR count). The number of hydrogen-bond acceptors (Lipinski definition) is 5. The molecule has 0 unspecified atom stereocenters. The molecule has 1 atom stereocenters. The molecule has 19 heavy (non-hydrogen) atoms. The van der Waals surface area contributed by atoms with Gasteiger partial charge in [-0.05, 0) is 26.3 Å². The van der Waals surface area contributed by atoms with E-state index in [-0.39, 0.29) is 5.91 Å². The fourth-order valence-electron chi connectivity index (χ4n) is 2.15. The van der Waals surface area contributed by atoms with Crippen LogP contribution in [0.5, 0.6) is 0 Å². The fraction of sp³-hybridized carbons (Fsp3) is 0.692. The van der Waals surface area contributed by atoms with E-state index in [1.807, 2.05) is 12.4 Å². The second-order valence-corrected chi connectivity index (χ2v) is 5.78. The molecule has 1 aliphatic rings. The van der Waals surface area contributed by atoms with Crippen LogP contribution in [0.3, 0.4) is 0 Å². The zero-order valence-electron chi connectivity index (χ0n) is 11.3. The summed E-state index contributed by atoms with van der Waals surface area (Å²) in [7, 11) is 2.04. The van der Waals surface area contributed by atoms with Gasteiger partial charge in [0, 0.05) is 37.7 Å². The van der Waals surface area contributed by atoms with Gasteiger partial charge in [0.15, 0.2) is 5.13 Å². The second kappa shape index (κ2) is 7.57. The number of hydrogen-bond donors (Lipinski definition) is 1. The van der Waals surface area contributed by atoms with Crippen molar-refractivity contribution >= 4 is 22.4 Å². The van der Waals surface area contributed by atoms with Gasteiger partial charge in [0.05, 0.1) is 6.10 Å². The van der Waals surface area contributed by atoms with E-state index in [2.05, 4.69) is 15.2 Å². The summed E-state index contributed by atoms with van der Waals surface area (Å²) in [4.78, 5) is 17.9. The molecule has 5 nitrogen and oxygen atoms in total. The molecule has 6 heteroatoms. The van der Waals surface area contributed by atoms with Crippen molar-refractivity contribution in [1.82, 2.24) is 9.88 Å². The lowest BCUT2D eigenvalue weighted by Crippen LogP contribution is -2.35. The first-order valence-corrected chi connectivity index (χ1v) is 7.61. The average molecular weight is 283 g/mol. The lowest BCUT2D eigenvalue weighted by atomic mass is 10.1. The normalized spacial score (nSPS) is 19.6. The second-order valence-electron chi connectivity index (χ2n) is 4.89. The van der Waals surface area contributed by atoms with Gasteiger partial charge < -0.3 is 15.0 Å². The first-order valence-electron chi connectivity index (χ1n) is 6.73. The van der Waals surface area contributed by atoms with Gasteiger partial charge in [0.2, 0.25) is 5.91 Å². The van der Waals surface area contributed by atoms with E-state index in [9.17, 15) is 4.79 Å². The molecule has 0 saturated carbocycles. The Balaban J connectivity index is 1.62. The molecule has 0 radical (unpaired) electrons. The highest BCUT2D eigenvalue weighted by atomic mass is 32.1. The van der Waals surface area contributed by atoms with Crippen LogP contribution in [0.4, 0.5) is 5.13 Å². The molecule has 0 aliphatic carbocycles. The minimum atomic E-state index is 0.0198. The SMILES string of the molecule is CN(CCC(=O)Nc1nccs1)C[C@H]1CCCCO1. The number of nitrogens with zero attached hydrogens (tertiary/aromatic N) is 2. The van der Waals surface area contributed by atoms with Gasteiger partial charge in [-0.3, -0.25) is 4.79 Å². The molecule has 1 aromatic rings. The number of amides is 1. The van der Waals surface area contributed by atoms with Gasteiger partial charge in [-0.25, -0.2) is 4.98 Å². The van der Waals surface area contributed by atoms with Crippen molar-refractivity contribution in [3.63, 3.8) is 0 Å². The van der Waals surface area contributed by atoms with Crippen LogP contribution < -0.4 is 5.32 Å². The topological polar surface area (TPSA) is 54.5 Å². The highest BCUT2D eigenvalue weighted by molar-refractivity contribution is 7.13. The highest BCUT2D eigenvalue weighted by Crippen LogP contribution is 2.14. The molecule has 106 valence electrons. The van der Waals surface area contributed by atoms with E-state index >= 15 is 0 Å². The van der Waals surface area contributed by atoms with E-state index in [1.54, 1.807) is 6.20 Å². The lowest BCUT2D eigenvalue weighted by Gasteiger charge is -2.27. The van der Waals surface area contributed by atoms with E-state index in [4.69, 9.17) is 4.74 Å². The monoisotopic (exact) mass is 283 g/mol. The average Bonchev–Trinajstić information content (AvgIpc) is 2.90. The van der Waals surface area contributed by atoms with Crippen molar-refractivity contribution in [2.45, 2.75) is 31.8 Å². The van der Waals surface area contributed by atoms with Gasteiger partial charge in [-0.1, -0.05) is 0 Å². The molecular formula is C13H21N3O2S. The Morgan fingerprint density at radius 3 is 3.21 bits per heavy atom. The van der Waals surface area contributed by atoms with Gasteiger partial charge in [-0.15, -0.1) is 11.3 Å². The minimum absolute atomic E-state index is 0.0198. The standard InChI is InChI=1S/C13H21N3O2S/c1-16(10-11-4-2-3-8-18-11)7-5-12(17)15-13-14-6-9-19-13/h6,9,11H,2-5,7-8,10H2,1H3,(H,14,15,17)/t11-/m1/s1. The summed E-state index contributed by atoms with van der Waals surface area (Å²) in [5.41, 5.74) is 0. The number of anilines is 1. The van der Waals surface area contributed by atoms with Crippen molar-refractivity contribution in [2.24, 2.45) is 0 Å². The van der Waals surface area contributed by atoms with Crippen molar-refractivity contribution in [3.8, 4) is 0 Å². The predicted octanol–water partition coefficient (Wildman–Crippen LogP) is 1.97. The summed E-state index contributed by atoms with van der Waals surface area (Å²) in [6.45, 7) is 2.53. The van der Waals surface area contributed by atoms with Gasteiger partial charge in [0.1, 0.15) is 0 Å². The van der Waals surface area contributed by atoms with Crippen LogP contribution in [0.2, 0.25) is 0 Å². The number of thiazole rings is 1. The van der Waals surface area contributed by atoms with E-state index in [0.29, 0.717) is 17.7 Å². The van der Waals surface area contributed by atoms with Crippen molar-refractivity contribution < 1.29 is 9.53 Å². The molecule has 0 bridgehead atoms. The van der Waals surface area contributed by atoms with Crippen LogP contribution in [0.15, 0.2) is 11.6 Å². The lowest BCUT2D eigenvalue weighted by molar-refractivity contribution is -0.116. The van der Waals surface area contributed by atoms with Crippen molar-refractivity contribution in [2.75, 3.05) is 32.1 Å². The highest BCUT2D eigenvalue weighted by Gasteiger charge is 2.16. The number of rotatable bonds is 6. The largest absolute Gasteiger partial charge is 0.377 e. The first kappa shape index (κ1) is 14.4. The molecule has 0 spiro atoms. The third-order valence-corrected chi connectivity index (χ3v) is 3.88. The molecule has 2 heterocycles. The van der Waals surface area contributed by atoms with Crippen LogP contribution in [0.25, 0.3) is 0 Å². The van der Waals surface area contributed by atoms with Gasteiger partial charge in [-0.2, -0.15) is 0 Å². The molecule has 1 aromatic heterocycles. The summed E-state index contributed by atoms with van der Waals surface area (Å²) < 4.78 is 5.69. The number of likely N-dealkylation sites (N-methyl/N-ethyl adjacent to an activating group) is 1. The zero-order chi connectivity index (χ0) is 13.5. The fourth-order valence-corrected chi connectivity index (χ4v) is 2.69. The Labute approximate surface area is 118 Å². The Bertz CT molecular complexity index is 377. The van der Waals surface area contributed by atoms with E-state index < -0.39 is 0 Å². The Morgan fingerprint density at radius 1 is 1.63 bits per heavy atom. The predicted molar refractivity (Wildman–Crippen MR) is 76.4 cm³/mol. The number of ether oxygens (including phenoxy) is 1. The number of carbonyl (C=O) groups is 1. The van der Waals surface area contributed by atoms with Gasteiger partial charge >= 0.3 is 0 Å². The van der Waals surface area contributed by atoms with Crippen LogP contribution >= 0.6 is 11.3 Å². The summed E-state index contributed by atoms with van der Waals surface area (Å²) in [6.07, 6.45) is 6.07. The molecule has 1 saturated heterocycles. The molecule has 1 fully saturated rings. The maximum absolute atomic E-state index is 11.7. The summed E-state index contributed by atoms with van der Waals surface area (Å²) in [5, 5.41) is 5.31. The number of nitrogens with one attached hydrogen (secondary N) is 1. The van der Waals surface area contributed by atoms with Crippen molar-refractivity contribution in [3.05, 3.63) is 11.6 Å². The summed E-state index contributed by atoms with van der Waals surface area (Å²) in [5.74, 6) is 0.0198. The molecular weight excluding hydrogens is 262 g/mol. The van der Waals surface area contributed by atoms with Crippen LogP contribution in [0, 0.1) is 0 Å².